The number of carbonyl (C=O) groups is 2. The van der Waals surface area contributed by atoms with Crippen molar-refractivity contribution >= 4 is 43.5 Å². The van der Waals surface area contributed by atoms with Gasteiger partial charge in [-0.05, 0) is 18.2 Å². The van der Waals surface area contributed by atoms with Crippen LogP contribution in [0.25, 0.3) is 10.2 Å². The van der Waals surface area contributed by atoms with Crippen molar-refractivity contribution in [3.63, 3.8) is 0 Å². The number of methoxy groups -OCH3 is 2. The van der Waals surface area contributed by atoms with Crippen molar-refractivity contribution in [3.05, 3.63) is 23.0 Å². The number of benzene rings is 1. The van der Waals surface area contributed by atoms with Gasteiger partial charge in [0, 0.05) is 7.05 Å². The summed E-state index contributed by atoms with van der Waals surface area (Å²) < 4.78 is 36.0. The van der Waals surface area contributed by atoms with Gasteiger partial charge in [0.25, 0.3) is 5.91 Å². The van der Waals surface area contributed by atoms with Crippen LogP contribution >= 0.6 is 11.3 Å². The van der Waals surface area contributed by atoms with Crippen LogP contribution in [0.2, 0.25) is 0 Å². The Morgan fingerprint density at radius 3 is 2.58 bits per heavy atom. The summed E-state index contributed by atoms with van der Waals surface area (Å²) in [6.45, 7) is -0.522. The van der Waals surface area contributed by atoms with Crippen molar-refractivity contribution < 1.29 is 27.5 Å². The molecule has 0 spiro atoms. The number of nitrogens with zero attached hydrogens (tertiary/aromatic N) is 3. The lowest BCUT2D eigenvalue weighted by atomic mass is 10.3. The summed E-state index contributed by atoms with van der Waals surface area (Å²) in [7, 11) is 0.596. The minimum absolute atomic E-state index is 0.128. The highest BCUT2D eigenvalue weighted by atomic mass is 32.2. The van der Waals surface area contributed by atoms with Gasteiger partial charge in [-0.15, -0.1) is 0 Å². The normalized spacial score (nSPS) is 12.6. The molecule has 0 N–H and O–H groups in total. The van der Waals surface area contributed by atoms with Crippen LogP contribution in [0.5, 0.6) is 5.75 Å². The number of sulfonamides is 1. The standard InChI is InChI=1S/C15H19N3O6S2/c1-17(26(4,21)22)8-13(19)16-15-18(9-14(20)24-3)11-6-5-10(23-2)7-12(11)25-15/h5-7H,8-9H2,1-4H3. The maximum Gasteiger partial charge on any atom is 0.325 e. The Balaban J connectivity index is 2.51. The zero-order chi connectivity index (χ0) is 19.5. The third-order valence-corrected chi connectivity index (χ3v) is 5.85. The van der Waals surface area contributed by atoms with Crippen LogP contribution < -0.4 is 9.54 Å². The van der Waals surface area contributed by atoms with E-state index in [0.717, 1.165) is 15.3 Å². The number of carbonyl (C=O) groups excluding carboxylic acids is 2. The van der Waals surface area contributed by atoms with Crippen LogP contribution in [-0.2, 0) is 30.9 Å². The van der Waals surface area contributed by atoms with E-state index in [-0.39, 0.29) is 11.3 Å². The number of amides is 1. The molecule has 2 rings (SSSR count). The smallest absolute Gasteiger partial charge is 0.325 e. The van der Waals surface area contributed by atoms with Gasteiger partial charge in [0.2, 0.25) is 10.0 Å². The number of ether oxygens (including phenoxy) is 2. The Kier molecular flexibility index (Phi) is 6.16. The molecule has 142 valence electrons. The zero-order valence-corrected chi connectivity index (χ0v) is 16.4. The molecule has 0 aliphatic rings. The Labute approximate surface area is 154 Å². The first-order valence-corrected chi connectivity index (χ1v) is 10.0. The number of thiazole rings is 1. The number of hydrogen-bond acceptors (Lipinski definition) is 7. The second-order valence-electron chi connectivity index (χ2n) is 5.41. The predicted octanol–water partition coefficient (Wildman–Crippen LogP) is 0.203. The molecule has 0 unspecified atom stereocenters. The number of aromatic nitrogens is 1. The summed E-state index contributed by atoms with van der Waals surface area (Å²) in [5.41, 5.74) is 0.684. The van der Waals surface area contributed by atoms with Crippen molar-refractivity contribution in [2.75, 3.05) is 34.1 Å². The van der Waals surface area contributed by atoms with Crippen LogP contribution in [0, 0.1) is 0 Å². The fourth-order valence-electron chi connectivity index (χ4n) is 2.06. The fourth-order valence-corrected chi connectivity index (χ4v) is 3.48. The molecule has 26 heavy (non-hydrogen) atoms. The summed E-state index contributed by atoms with van der Waals surface area (Å²) in [6.07, 6.45) is 1.00. The predicted molar refractivity (Wildman–Crippen MR) is 96.4 cm³/mol. The summed E-state index contributed by atoms with van der Waals surface area (Å²) in [5.74, 6) is -0.517. The lowest BCUT2D eigenvalue weighted by Gasteiger charge is -2.10. The van der Waals surface area contributed by atoms with Crippen LogP contribution in [-0.4, -0.2) is 63.2 Å². The van der Waals surface area contributed by atoms with E-state index in [9.17, 15) is 18.0 Å². The highest BCUT2D eigenvalue weighted by Gasteiger charge is 2.16. The summed E-state index contributed by atoms with van der Waals surface area (Å²) in [6, 6.07) is 5.24. The number of rotatable bonds is 6. The van der Waals surface area contributed by atoms with Gasteiger partial charge in [0.05, 0.1) is 37.2 Å². The van der Waals surface area contributed by atoms with Crippen LogP contribution in [0.1, 0.15) is 0 Å². The Morgan fingerprint density at radius 1 is 1.31 bits per heavy atom. The molecule has 0 atom stereocenters. The van der Waals surface area contributed by atoms with E-state index in [1.54, 1.807) is 22.8 Å². The molecule has 0 radical (unpaired) electrons. The number of esters is 1. The lowest BCUT2D eigenvalue weighted by Crippen LogP contribution is -2.31. The summed E-state index contributed by atoms with van der Waals surface area (Å²) in [4.78, 5) is 28.1. The molecule has 9 nitrogen and oxygen atoms in total. The first kappa shape index (κ1) is 20.1. The van der Waals surface area contributed by atoms with Crippen molar-refractivity contribution in [2.45, 2.75) is 6.54 Å². The first-order chi connectivity index (χ1) is 12.2. The van der Waals surface area contributed by atoms with Gasteiger partial charge in [-0.1, -0.05) is 11.3 Å². The van der Waals surface area contributed by atoms with E-state index >= 15 is 0 Å². The molecular formula is C15H19N3O6S2. The van der Waals surface area contributed by atoms with Crippen molar-refractivity contribution in [1.29, 1.82) is 0 Å². The van der Waals surface area contributed by atoms with Gasteiger partial charge >= 0.3 is 5.97 Å². The second kappa shape index (κ2) is 7.98. The largest absolute Gasteiger partial charge is 0.497 e. The quantitative estimate of drug-likeness (QED) is 0.640. The molecule has 1 aromatic carbocycles. The number of likely N-dealkylation sites (N-methyl/N-ethyl adjacent to an activating group) is 1. The molecule has 0 saturated carbocycles. The van der Waals surface area contributed by atoms with Crippen molar-refractivity contribution in [1.82, 2.24) is 8.87 Å². The van der Waals surface area contributed by atoms with Gasteiger partial charge in [-0.2, -0.15) is 9.30 Å². The first-order valence-electron chi connectivity index (χ1n) is 7.38. The second-order valence-corrected chi connectivity index (χ2v) is 8.50. The van der Waals surface area contributed by atoms with E-state index in [1.807, 2.05) is 0 Å². The SMILES string of the molecule is COC(=O)Cn1c(=NC(=O)CN(C)S(C)(=O)=O)sc2cc(OC)ccc21. The summed E-state index contributed by atoms with van der Waals surface area (Å²) in [5, 5.41) is 0. The van der Waals surface area contributed by atoms with E-state index in [0.29, 0.717) is 11.3 Å². The molecule has 2 aromatic rings. The molecule has 1 amide bonds. The Bertz CT molecular complexity index is 1010. The molecule has 0 bridgehead atoms. The molecule has 11 heteroatoms. The van der Waals surface area contributed by atoms with Gasteiger partial charge in [0.1, 0.15) is 12.3 Å². The monoisotopic (exact) mass is 401 g/mol. The molecule has 0 saturated heterocycles. The van der Waals surface area contributed by atoms with Crippen LogP contribution in [0.15, 0.2) is 23.2 Å². The lowest BCUT2D eigenvalue weighted by molar-refractivity contribution is -0.141. The van der Waals surface area contributed by atoms with Gasteiger partial charge in [0.15, 0.2) is 4.80 Å². The van der Waals surface area contributed by atoms with E-state index in [2.05, 4.69) is 4.99 Å². The minimum atomic E-state index is -3.50. The van der Waals surface area contributed by atoms with Gasteiger partial charge in [-0.3, -0.25) is 9.59 Å². The van der Waals surface area contributed by atoms with Crippen LogP contribution in [0.3, 0.4) is 0 Å². The van der Waals surface area contributed by atoms with E-state index < -0.39 is 28.4 Å². The average molecular weight is 401 g/mol. The molecule has 0 aliphatic heterocycles. The maximum absolute atomic E-state index is 12.2. The molecule has 0 fully saturated rings. The highest BCUT2D eigenvalue weighted by molar-refractivity contribution is 7.88. The molecule has 1 heterocycles. The average Bonchev–Trinajstić information content (AvgIpc) is 2.89. The topological polar surface area (TPSA) is 107 Å². The molecule has 1 aromatic heterocycles. The zero-order valence-electron chi connectivity index (χ0n) is 14.8. The Hall–Kier alpha value is -2.24. The minimum Gasteiger partial charge on any atom is -0.497 e. The number of hydrogen-bond donors (Lipinski definition) is 0. The third-order valence-electron chi connectivity index (χ3n) is 3.55. The van der Waals surface area contributed by atoms with E-state index in [4.69, 9.17) is 9.47 Å². The van der Waals surface area contributed by atoms with E-state index in [1.165, 1.54) is 32.6 Å². The van der Waals surface area contributed by atoms with Crippen molar-refractivity contribution in [2.24, 2.45) is 4.99 Å². The summed E-state index contributed by atoms with van der Waals surface area (Å²) >= 11 is 1.19. The van der Waals surface area contributed by atoms with Crippen LogP contribution in [0.4, 0.5) is 0 Å². The number of fused-ring (bicyclic) bond motifs is 1. The Morgan fingerprint density at radius 2 is 2.00 bits per heavy atom. The van der Waals surface area contributed by atoms with Gasteiger partial charge in [-0.25, -0.2) is 8.42 Å². The molecule has 0 aliphatic carbocycles. The fraction of sp³-hybridized carbons (Fsp3) is 0.400. The van der Waals surface area contributed by atoms with Gasteiger partial charge < -0.3 is 14.0 Å². The maximum atomic E-state index is 12.2. The van der Waals surface area contributed by atoms with Crippen molar-refractivity contribution in [3.8, 4) is 5.75 Å². The molecular weight excluding hydrogens is 382 g/mol. The third kappa shape index (κ3) is 4.68. The highest BCUT2D eigenvalue weighted by Crippen LogP contribution is 2.23.